The van der Waals surface area contributed by atoms with E-state index in [0.717, 1.165) is 22.2 Å². The second-order valence-corrected chi connectivity index (χ2v) is 6.79. The molecule has 0 aliphatic heterocycles. The van der Waals surface area contributed by atoms with Gasteiger partial charge in [-0.15, -0.1) is 0 Å². The predicted molar refractivity (Wildman–Crippen MR) is 102 cm³/mol. The maximum absolute atomic E-state index is 11.9. The number of carbonyl (C=O) groups excluding carboxylic acids is 1. The Bertz CT molecular complexity index is 624. The van der Waals surface area contributed by atoms with Crippen molar-refractivity contribution in [1.82, 2.24) is 4.90 Å². The monoisotopic (exact) mass is 424 g/mol. The summed E-state index contributed by atoms with van der Waals surface area (Å²) in [6.07, 6.45) is 0.997. The van der Waals surface area contributed by atoms with Crippen molar-refractivity contribution in [3.63, 3.8) is 0 Å². The zero-order valence-corrected chi connectivity index (χ0v) is 15.5. The number of hydrogen-bond donors (Lipinski definition) is 1. The summed E-state index contributed by atoms with van der Waals surface area (Å²) >= 11 is 2.23. The van der Waals surface area contributed by atoms with Gasteiger partial charge in [-0.1, -0.05) is 12.1 Å². The molecule has 0 atom stereocenters. The molecule has 1 N–H and O–H groups in total. The molecule has 1 amide bonds. The number of amides is 1. The molecule has 0 aliphatic rings. The summed E-state index contributed by atoms with van der Waals surface area (Å²) in [5, 5.41) is 2.84. The van der Waals surface area contributed by atoms with Crippen molar-refractivity contribution in [3.05, 3.63) is 57.7 Å². The van der Waals surface area contributed by atoms with Crippen molar-refractivity contribution >= 4 is 34.2 Å². The van der Waals surface area contributed by atoms with Gasteiger partial charge in [-0.3, -0.25) is 4.79 Å². The number of nitrogens with zero attached hydrogens (tertiary/aromatic N) is 1. The first kappa shape index (κ1) is 17.7. The van der Waals surface area contributed by atoms with Gasteiger partial charge >= 0.3 is 0 Å². The van der Waals surface area contributed by atoms with Gasteiger partial charge in [-0.2, -0.15) is 0 Å². The van der Waals surface area contributed by atoms with Gasteiger partial charge in [0.2, 0.25) is 0 Å². The first-order valence-electron chi connectivity index (χ1n) is 7.45. The molecule has 23 heavy (non-hydrogen) atoms. The number of hydrogen-bond acceptors (Lipinski definition) is 3. The minimum absolute atomic E-state index is 0.00295. The third kappa shape index (κ3) is 6.58. The maximum atomic E-state index is 11.9. The molecule has 0 saturated carbocycles. The third-order valence-corrected chi connectivity index (χ3v) is 3.99. The van der Waals surface area contributed by atoms with Gasteiger partial charge < -0.3 is 15.0 Å². The minimum atomic E-state index is -0.162. The quantitative estimate of drug-likeness (QED) is 0.693. The van der Waals surface area contributed by atoms with E-state index in [1.54, 1.807) is 0 Å². The third-order valence-electron chi connectivity index (χ3n) is 3.27. The summed E-state index contributed by atoms with van der Waals surface area (Å²) in [5.74, 6) is 0.532. The minimum Gasteiger partial charge on any atom is -0.484 e. The van der Waals surface area contributed by atoms with Crippen LogP contribution in [0.5, 0.6) is 5.75 Å². The Labute approximate surface area is 151 Å². The van der Waals surface area contributed by atoms with Crippen molar-refractivity contribution in [2.75, 3.05) is 32.6 Å². The van der Waals surface area contributed by atoms with E-state index in [9.17, 15) is 4.79 Å². The van der Waals surface area contributed by atoms with Crippen LogP contribution in [0.4, 0.5) is 5.69 Å². The average Bonchev–Trinajstić information content (AvgIpc) is 2.53. The fourth-order valence-corrected chi connectivity index (χ4v) is 2.34. The summed E-state index contributed by atoms with van der Waals surface area (Å²) in [6.45, 7) is 1.01. The first-order chi connectivity index (χ1) is 11.0. The fourth-order valence-electron chi connectivity index (χ4n) is 1.98. The first-order valence-corrected chi connectivity index (χ1v) is 8.53. The number of nitrogens with one attached hydrogen (secondary N) is 1. The smallest absolute Gasteiger partial charge is 0.262 e. The van der Waals surface area contributed by atoms with Crippen LogP contribution in [0.2, 0.25) is 0 Å². The number of benzene rings is 2. The molecule has 0 saturated heterocycles. The van der Waals surface area contributed by atoms with Gasteiger partial charge in [0.25, 0.3) is 5.91 Å². The van der Waals surface area contributed by atoms with Gasteiger partial charge in [0.05, 0.1) is 0 Å². The average molecular weight is 424 g/mol. The number of halogens is 1. The van der Waals surface area contributed by atoms with Crippen molar-refractivity contribution in [1.29, 1.82) is 0 Å². The zero-order valence-electron chi connectivity index (χ0n) is 13.4. The molecular weight excluding hydrogens is 403 g/mol. The van der Waals surface area contributed by atoms with Gasteiger partial charge in [0.15, 0.2) is 6.61 Å². The topological polar surface area (TPSA) is 41.6 Å². The standard InChI is InChI=1S/C18H21IN2O2/c1-21(2)12-11-14-3-7-16(8-4-14)20-18(22)13-23-17-9-5-15(19)6-10-17/h3-10H,11-13H2,1-2H3,(H,20,22). The molecule has 2 rings (SSSR count). The molecule has 4 nitrogen and oxygen atoms in total. The van der Waals surface area contributed by atoms with Crippen LogP contribution in [0.15, 0.2) is 48.5 Å². The molecule has 2 aromatic rings. The van der Waals surface area contributed by atoms with Crippen LogP contribution in [0, 0.1) is 3.57 Å². The van der Waals surface area contributed by atoms with Crippen molar-refractivity contribution in [3.8, 4) is 5.75 Å². The fraction of sp³-hybridized carbons (Fsp3) is 0.278. The largest absolute Gasteiger partial charge is 0.484 e. The van der Waals surface area contributed by atoms with Crippen LogP contribution in [0.3, 0.4) is 0 Å². The lowest BCUT2D eigenvalue weighted by Gasteiger charge is -2.10. The van der Waals surface area contributed by atoms with E-state index in [-0.39, 0.29) is 12.5 Å². The molecule has 0 unspecified atom stereocenters. The lowest BCUT2D eigenvalue weighted by Crippen LogP contribution is -2.20. The molecule has 0 aliphatic carbocycles. The molecule has 5 heteroatoms. The highest BCUT2D eigenvalue weighted by Crippen LogP contribution is 2.14. The summed E-state index contributed by atoms with van der Waals surface area (Å²) < 4.78 is 6.60. The number of likely N-dealkylation sites (N-methyl/N-ethyl adjacent to an activating group) is 1. The van der Waals surface area contributed by atoms with E-state index in [4.69, 9.17) is 4.74 Å². The van der Waals surface area contributed by atoms with Crippen LogP contribution >= 0.6 is 22.6 Å². The zero-order chi connectivity index (χ0) is 16.7. The predicted octanol–water partition coefficient (Wildman–Crippen LogP) is 3.41. The molecule has 0 aromatic heterocycles. The van der Waals surface area contributed by atoms with E-state index < -0.39 is 0 Å². The van der Waals surface area contributed by atoms with Crippen molar-refractivity contribution in [2.45, 2.75) is 6.42 Å². The Hall–Kier alpha value is -1.60. The second kappa shape index (κ2) is 8.88. The molecule has 0 heterocycles. The summed E-state index contributed by atoms with van der Waals surface area (Å²) in [6, 6.07) is 15.5. The number of rotatable bonds is 7. The highest BCUT2D eigenvalue weighted by Gasteiger charge is 2.04. The highest BCUT2D eigenvalue weighted by atomic mass is 127. The van der Waals surface area contributed by atoms with E-state index in [2.05, 4.69) is 46.9 Å². The van der Waals surface area contributed by atoms with Crippen molar-refractivity contribution < 1.29 is 9.53 Å². The van der Waals surface area contributed by atoms with Crippen LogP contribution in [-0.2, 0) is 11.2 Å². The molecule has 122 valence electrons. The summed E-state index contributed by atoms with van der Waals surface area (Å²) in [7, 11) is 4.12. The molecule has 2 aromatic carbocycles. The van der Waals surface area contributed by atoms with Crippen LogP contribution in [0.25, 0.3) is 0 Å². The molecule has 0 radical (unpaired) electrons. The Morgan fingerprint density at radius 2 is 1.74 bits per heavy atom. The van der Waals surface area contributed by atoms with Gasteiger partial charge in [0.1, 0.15) is 5.75 Å². The Morgan fingerprint density at radius 3 is 2.35 bits per heavy atom. The van der Waals surface area contributed by atoms with Gasteiger partial charge in [-0.25, -0.2) is 0 Å². The van der Waals surface area contributed by atoms with Crippen LogP contribution in [-0.4, -0.2) is 38.1 Å². The van der Waals surface area contributed by atoms with Gasteiger partial charge in [-0.05, 0) is 85.1 Å². The van der Waals surface area contributed by atoms with E-state index in [0.29, 0.717) is 5.75 Å². The number of ether oxygens (including phenoxy) is 1. The molecule has 0 bridgehead atoms. The van der Waals surface area contributed by atoms with E-state index in [1.807, 2.05) is 48.5 Å². The Kier molecular flexibility index (Phi) is 6.85. The number of anilines is 1. The molecular formula is C18H21IN2O2. The lowest BCUT2D eigenvalue weighted by atomic mass is 10.1. The van der Waals surface area contributed by atoms with Gasteiger partial charge in [0, 0.05) is 15.8 Å². The van der Waals surface area contributed by atoms with Crippen LogP contribution < -0.4 is 10.1 Å². The summed E-state index contributed by atoms with van der Waals surface area (Å²) in [4.78, 5) is 14.1. The normalized spacial score (nSPS) is 10.6. The SMILES string of the molecule is CN(C)CCc1ccc(NC(=O)COc2ccc(I)cc2)cc1. The molecule has 0 fully saturated rings. The Balaban J connectivity index is 1.79. The summed E-state index contributed by atoms with van der Waals surface area (Å²) in [5.41, 5.74) is 2.04. The highest BCUT2D eigenvalue weighted by molar-refractivity contribution is 14.1. The maximum Gasteiger partial charge on any atom is 0.262 e. The van der Waals surface area contributed by atoms with Crippen molar-refractivity contribution in [2.24, 2.45) is 0 Å². The lowest BCUT2D eigenvalue weighted by molar-refractivity contribution is -0.118. The second-order valence-electron chi connectivity index (χ2n) is 5.54. The number of carbonyl (C=O) groups is 1. The Morgan fingerprint density at radius 1 is 1.09 bits per heavy atom. The van der Waals surface area contributed by atoms with E-state index >= 15 is 0 Å². The van der Waals surface area contributed by atoms with Crippen LogP contribution in [0.1, 0.15) is 5.56 Å². The van der Waals surface area contributed by atoms with E-state index in [1.165, 1.54) is 5.56 Å². The molecule has 0 spiro atoms.